The van der Waals surface area contributed by atoms with E-state index < -0.39 is 0 Å². The number of guanidine groups is 1. The van der Waals surface area contributed by atoms with Crippen molar-refractivity contribution in [2.75, 3.05) is 13.6 Å². The average molecular weight is 338 g/mol. The molecule has 0 bridgehead atoms. The molecule has 1 aromatic heterocycles. The van der Waals surface area contributed by atoms with Gasteiger partial charge < -0.3 is 15.4 Å². The molecule has 2 rings (SSSR count). The summed E-state index contributed by atoms with van der Waals surface area (Å²) in [6.45, 7) is 3.37. The van der Waals surface area contributed by atoms with Crippen LogP contribution in [0.25, 0.3) is 0 Å². The lowest BCUT2D eigenvalue weighted by molar-refractivity contribution is 0.224. The van der Waals surface area contributed by atoms with Crippen molar-refractivity contribution in [1.29, 1.82) is 0 Å². The second kappa shape index (κ2) is 8.66. The number of aliphatic imine (C=N–C) groups is 1. The molecule has 0 aliphatic heterocycles. The molecular weight excluding hydrogens is 318 g/mol. The Bertz CT molecular complexity index is 601. The molecule has 1 aromatic carbocycles. The molecule has 0 amide bonds. The Labute approximate surface area is 140 Å². The number of rotatable bonds is 6. The topological polar surface area (TPSA) is 45.7 Å². The van der Waals surface area contributed by atoms with Crippen molar-refractivity contribution < 1.29 is 4.74 Å². The Morgan fingerprint density at radius 1 is 1.32 bits per heavy atom. The number of hydrogen-bond acceptors (Lipinski definition) is 3. The van der Waals surface area contributed by atoms with E-state index in [1.165, 1.54) is 5.56 Å². The van der Waals surface area contributed by atoms with Crippen LogP contribution in [-0.2, 0) is 6.54 Å². The van der Waals surface area contributed by atoms with E-state index in [0.29, 0.717) is 17.3 Å². The molecule has 0 fully saturated rings. The largest absolute Gasteiger partial charge is 0.487 e. The molecule has 0 aliphatic carbocycles. The Balaban J connectivity index is 1.76. The van der Waals surface area contributed by atoms with Crippen LogP contribution in [0.2, 0.25) is 5.02 Å². The third-order valence-electron chi connectivity index (χ3n) is 2.99. The zero-order valence-corrected chi connectivity index (χ0v) is 14.2. The van der Waals surface area contributed by atoms with Crippen LogP contribution in [0.1, 0.15) is 12.5 Å². The molecule has 1 heterocycles. The maximum Gasteiger partial charge on any atom is 0.191 e. The number of nitrogens with one attached hydrogen (secondary N) is 2. The fourth-order valence-corrected chi connectivity index (χ4v) is 2.69. The number of hydrogen-bond donors (Lipinski definition) is 2. The van der Waals surface area contributed by atoms with Crippen LogP contribution in [0.5, 0.6) is 5.75 Å². The van der Waals surface area contributed by atoms with E-state index in [0.717, 1.165) is 12.5 Å². The minimum absolute atomic E-state index is 0.0282. The third-order valence-corrected chi connectivity index (χ3v) is 4.03. The van der Waals surface area contributed by atoms with Gasteiger partial charge in [-0.15, -0.1) is 0 Å². The smallest absolute Gasteiger partial charge is 0.191 e. The summed E-state index contributed by atoms with van der Waals surface area (Å²) in [5, 5.41) is 11.3. The predicted molar refractivity (Wildman–Crippen MR) is 94.1 cm³/mol. The van der Waals surface area contributed by atoms with Crippen molar-refractivity contribution in [2.45, 2.75) is 19.6 Å². The van der Waals surface area contributed by atoms with Gasteiger partial charge in [-0.05, 0) is 41.4 Å². The molecule has 1 unspecified atom stereocenters. The first-order valence-corrected chi connectivity index (χ1v) is 8.38. The minimum atomic E-state index is -0.0282. The van der Waals surface area contributed by atoms with Crippen molar-refractivity contribution >= 4 is 28.9 Å². The Morgan fingerprint density at radius 2 is 2.14 bits per heavy atom. The molecule has 1 atom stereocenters. The lowest BCUT2D eigenvalue weighted by atomic mass is 10.3. The van der Waals surface area contributed by atoms with Gasteiger partial charge >= 0.3 is 0 Å². The first-order chi connectivity index (χ1) is 10.7. The molecule has 0 aliphatic rings. The van der Waals surface area contributed by atoms with E-state index in [2.05, 4.69) is 32.5 Å². The molecule has 0 saturated heterocycles. The van der Waals surface area contributed by atoms with E-state index >= 15 is 0 Å². The highest BCUT2D eigenvalue weighted by atomic mass is 35.5. The van der Waals surface area contributed by atoms with Crippen LogP contribution >= 0.6 is 22.9 Å². The Morgan fingerprint density at radius 3 is 2.82 bits per heavy atom. The molecule has 22 heavy (non-hydrogen) atoms. The van der Waals surface area contributed by atoms with Gasteiger partial charge in [0.1, 0.15) is 11.9 Å². The maximum absolute atomic E-state index is 6.08. The average Bonchev–Trinajstić information content (AvgIpc) is 3.03. The molecule has 6 heteroatoms. The standard InChI is InChI=1S/C16H20ClN3OS/c1-12(21-15-6-4-3-5-14(15)17)9-19-16(18-2)20-10-13-7-8-22-11-13/h3-8,11-12H,9-10H2,1-2H3,(H2,18,19,20). The second-order valence-electron chi connectivity index (χ2n) is 4.80. The van der Waals surface area contributed by atoms with Crippen molar-refractivity contribution in [2.24, 2.45) is 4.99 Å². The molecule has 0 radical (unpaired) electrons. The predicted octanol–water partition coefficient (Wildman–Crippen LogP) is 3.53. The fraction of sp³-hybridized carbons (Fsp3) is 0.312. The van der Waals surface area contributed by atoms with E-state index in [1.807, 2.05) is 31.2 Å². The monoisotopic (exact) mass is 337 g/mol. The molecule has 4 nitrogen and oxygen atoms in total. The van der Waals surface area contributed by atoms with Crippen LogP contribution in [0, 0.1) is 0 Å². The van der Waals surface area contributed by atoms with Gasteiger partial charge in [0.05, 0.1) is 11.6 Å². The molecular formula is C16H20ClN3OS. The number of benzene rings is 1. The van der Waals surface area contributed by atoms with Crippen molar-refractivity contribution in [3.63, 3.8) is 0 Å². The summed E-state index contributed by atoms with van der Waals surface area (Å²) < 4.78 is 5.81. The highest BCUT2D eigenvalue weighted by Crippen LogP contribution is 2.23. The number of ether oxygens (including phenoxy) is 1. The van der Waals surface area contributed by atoms with Gasteiger partial charge in [-0.3, -0.25) is 4.99 Å². The summed E-state index contributed by atoms with van der Waals surface area (Å²) in [6.07, 6.45) is -0.0282. The van der Waals surface area contributed by atoms with Crippen LogP contribution in [0.4, 0.5) is 0 Å². The van der Waals surface area contributed by atoms with E-state index in [1.54, 1.807) is 18.4 Å². The number of halogens is 1. The summed E-state index contributed by atoms with van der Waals surface area (Å²) >= 11 is 7.77. The quantitative estimate of drug-likeness (QED) is 0.626. The zero-order valence-electron chi connectivity index (χ0n) is 12.7. The lowest BCUT2D eigenvalue weighted by Gasteiger charge is -2.18. The normalized spacial score (nSPS) is 12.8. The fourth-order valence-electron chi connectivity index (χ4n) is 1.84. The van der Waals surface area contributed by atoms with Crippen LogP contribution < -0.4 is 15.4 Å². The van der Waals surface area contributed by atoms with Gasteiger partial charge in [-0.2, -0.15) is 11.3 Å². The molecule has 118 valence electrons. The summed E-state index contributed by atoms with van der Waals surface area (Å²) in [7, 11) is 1.75. The van der Waals surface area contributed by atoms with Gasteiger partial charge in [0.25, 0.3) is 0 Å². The second-order valence-corrected chi connectivity index (χ2v) is 5.98. The van der Waals surface area contributed by atoms with Crippen molar-refractivity contribution in [3.8, 4) is 5.75 Å². The summed E-state index contributed by atoms with van der Waals surface area (Å²) in [5.74, 6) is 1.44. The van der Waals surface area contributed by atoms with Crippen LogP contribution in [0.3, 0.4) is 0 Å². The van der Waals surface area contributed by atoms with Crippen molar-refractivity contribution in [1.82, 2.24) is 10.6 Å². The minimum Gasteiger partial charge on any atom is -0.487 e. The lowest BCUT2D eigenvalue weighted by Crippen LogP contribution is -2.41. The Hall–Kier alpha value is -1.72. The highest BCUT2D eigenvalue weighted by molar-refractivity contribution is 7.07. The number of nitrogens with zero attached hydrogens (tertiary/aromatic N) is 1. The number of para-hydroxylation sites is 1. The third kappa shape index (κ3) is 5.24. The molecule has 0 saturated carbocycles. The highest BCUT2D eigenvalue weighted by Gasteiger charge is 2.08. The summed E-state index contributed by atoms with van der Waals surface area (Å²) in [6, 6.07) is 9.56. The van der Waals surface area contributed by atoms with Gasteiger partial charge in [-0.25, -0.2) is 0 Å². The maximum atomic E-state index is 6.08. The molecule has 2 N–H and O–H groups in total. The Kier molecular flexibility index (Phi) is 6.55. The van der Waals surface area contributed by atoms with E-state index in [-0.39, 0.29) is 6.10 Å². The van der Waals surface area contributed by atoms with Gasteiger partial charge in [-0.1, -0.05) is 23.7 Å². The van der Waals surface area contributed by atoms with E-state index in [4.69, 9.17) is 16.3 Å². The van der Waals surface area contributed by atoms with Crippen LogP contribution in [-0.4, -0.2) is 25.7 Å². The first kappa shape index (κ1) is 16.6. The van der Waals surface area contributed by atoms with E-state index in [9.17, 15) is 0 Å². The van der Waals surface area contributed by atoms with Gasteiger partial charge in [0.2, 0.25) is 0 Å². The summed E-state index contributed by atoms with van der Waals surface area (Å²) in [4.78, 5) is 4.20. The van der Waals surface area contributed by atoms with Gasteiger partial charge in [0.15, 0.2) is 5.96 Å². The first-order valence-electron chi connectivity index (χ1n) is 7.06. The molecule has 2 aromatic rings. The van der Waals surface area contributed by atoms with Crippen LogP contribution in [0.15, 0.2) is 46.1 Å². The summed E-state index contributed by atoms with van der Waals surface area (Å²) in [5.41, 5.74) is 1.24. The zero-order chi connectivity index (χ0) is 15.8. The van der Waals surface area contributed by atoms with Gasteiger partial charge in [0, 0.05) is 13.6 Å². The van der Waals surface area contributed by atoms with Crippen molar-refractivity contribution in [3.05, 3.63) is 51.7 Å². The number of thiophene rings is 1. The molecule has 0 spiro atoms. The SMILES string of the molecule is CN=C(NCc1ccsc1)NCC(C)Oc1ccccc1Cl.